The Morgan fingerprint density at radius 3 is 2.89 bits per heavy atom. The summed E-state index contributed by atoms with van der Waals surface area (Å²) < 4.78 is 3.31. The molecule has 1 saturated heterocycles. The SMILES string of the molecule is Cc1cccc2c(=O)n(CC(=O)N3CCNCC3c3nccn3C)cnc12.Cl. The fourth-order valence-corrected chi connectivity index (χ4v) is 3.62. The molecule has 1 fully saturated rings. The molecule has 0 saturated carbocycles. The number of amides is 1. The van der Waals surface area contributed by atoms with Gasteiger partial charge in [0.15, 0.2) is 0 Å². The van der Waals surface area contributed by atoms with Crippen LogP contribution in [0.15, 0.2) is 41.7 Å². The Balaban J connectivity index is 0.00000225. The van der Waals surface area contributed by atoms with Crippen LogP contribution in [0, 0.1) is 6.92 Å². The predicted molar refractivity (Wildman–Crippen MR) is 109 cm³/mol. The average Bonchev–Trinajstić information content (AvgIpc) is 3.10. The largest absolute Gasteiger partial charge is 0.336 e. The fourth-order valence-electron chi connectivity index (χ4n) is 3.62. The Morgan fingerprint density at radius 2 is 2.14 bits per heavy atom. The molecule has 0 spiro atoms. The Kier molecular flexibility index (Phi) is 5.81. The number of imidazole rings is 1. The molecule has 1 amide bonds. The van der Waals surface area contributed by atoms with Gasteiger partial charge in [-0.25, -0.2) is 9.97 Å². The lowest BCUT2D eigenvalue weighted by Crippen LogP contribution is -2.50. The number of piperazine rings is 1. The number of carbonyl (C=O) groups is 1. The predicted octanol–water partition coefficient (Wildman–Crippen LogP) is 1.03. The highest BCUT2D eigenvalue weighted by Gasteiger charge is 2.30. The van der Waals surface area contributed by atoms with Gasteiger partial charge in [-0.2, -0.15) is 0 Å². The minimum absolute atomic E-state index is 0. The van der Waals surface area contributed by atoms with Crippen molar-refractivity contribution >= 4 is 29.2 Å². The Hall–Kier alpha value is -2.71. The maximum absolute atomic E-state index is 13.0. The van der Waals surface area contributed by atoms with Crippen LogP contribution in [0.5, 0.6) is 0 Å². The van der Waals surface area contributed by atoms with Crippen molar-refractivity contribution in [1.82, 2.24) is 29.3 Å². The molecule has 3 aromatic rings. The van der Waals surface area contributed by atoms with Crippen LogP contribution < -0.4 is 10.9 Å². The van der Waals surface area contributed by atoms with Crippen molar-refractivity contribution in [2.75, 3.05) is 19.6 Å². The van der Waals surface area contributed by atoms with E-state index in [0.717, 1.165) is 17.9 Å². The van der Waals surface area contributed by atoms with E-state index in [1.807, 2.05) is 36.9 Å². The summed E-state index contributed by atoms with van der Waals surface area (Å²) >= 11 is 0. The van der Waals surface area contributed by atoms with Crippen LogP contribution >= 0.6 is 12.4 Å². The van der Waals surface area contributed by atoms with E-state index in [2.05, 4.69) is 15.3 Å². The van der Waals surface area contributed by atoms with Crippen molar-refractivity contribution in [2.24, 2.45) is 7.05 Å². The van der Waals surface area contributed by atoms with E-state index in [1.54, 1.807) is 17.2 Å². The number of nitrogens with one attached hydrogen (secondary N) is 1. The van der Waals surface area contributed by atoms with Crippen LogP contribution in [0.25, 0.3) is 10.9 Å². The number of aromatic nitrogens is 4. The molecule has 0 aliphatic carbocycles. The molecule has 1 N–H and O–H groups in total. The first-order valence-corrected chi connectivity index (χ1v) is 8.98. The van der Waals surface area contributed by atoms with Crippen LogP contribution in [0.1, 0.15) is 17.4 Å². The molecule has 1 atom stereocenters. The van der Waals surface area contributed by atoms with Crippen molar-refractivity contribution < 1.29 is 4.79 Å². The maximum atomic E-state index is 13.0. The summed E-state index contributed by atoms with van der Waals surface area (Å²) in [6, 6.07) is 5.35. The zero-order valence-corrected chi connectivity index (χ0v) is 16.6. The lowest BCUT2D eigenvalue weighted by atomic mass is 10.1. The first-order chi connectivity index (χ1) is 13.1. The summed E-state index contributed by atoms with van der Waals surface area (Å²) in [5.41, 5.74) is 1.43. The zero-order chi connectivity index (χ0) is 19.0. The van der Waals surface area contributed by atoms with Crippen molar-refractivity contribution in [3.63, 3.8) is 0 Å². The molecule has 4 rings (SSSR count). The minimum Gasteiger partial charge on any atom is -0.336 e. The van der Waals surface area contributed by atoms with Crippen LogP contribution in [0.4, 0.5) is 0 Å². The van der Waals surface area contributed by atoms with Crippen molar-refractivity contribution in [1.29, 1.82) is 0 Å². The molecular formula is C19H23ClN6O2. The minimum atomic E-state index is -0.194. The number of nitrogens with zero attached hydrogens (tertiary/aromatic N) is 5. The molecular weight excluding hydrogens is 380 g/mol. The van der Waals surface area contributed by atoms with Gasteiger partial charge in [-0.3, -0.25) is 14.2 Å². The standard InChI is InChI=1S/C19H22N6O2.ClH/c1-13-4-3-5-14-17(13)22-12-24(19(14)27)11-16(26)25-9-6-20-10-15(25)18-21-7-8-23(18)2;/h3-5,7-8,12,15,20H,6,9-11H2,1-2H3;1H. The molecule has 28 heavy (non-hydrogen) atoms. The lowest BCUT2D eigenvalue weighted by molar-refractivity contribution is -0.135. The number of hydrogen-bond donors (Lipinski definition) is 1. The fraction of sp³-hybridized carbons (Fsp3) is 0.368. The first-order valence-electron chi connectivity index (χ1n) is 8.98. The number of halogens is 1. The smallest absolute Gasteiger partial charge is 0.261 e. The molecule has 1 unspecified atom stereocenters. The van der Waals surface area contributed by atoms with Gasteiger partial charge in [-0.05, 0) is 18.6 Å². The van der Waals surface area contributed by atoms with E-state index in [9.17, 15) is 9.59 Å². The summed E-state index contributed by atoms with van der Waals surface area (Å²) in [4.78, 5) is 36.4. The molecule has 1 aliphatic heterocycles. The number of hydrogen-bond acceptors (Lipinski definition) is 5. The second-order valence-electron chi connectivity index (χ2n) is 6.85. The van der Waals surface area contributed by atoms with Crippen LogP contribution in [0.3, 0.4) is 0 Å². The second-order valence-corrected chi connectivity index (χ2v) is 6.85. The van der Waals surface area contributed by atoms with E-state index in [0.29, 0.717) is 24.0 Å². The molecule has 0 radical (unpaired) electrons. The Bertz CT molecular complexity index is 1060. The van der Waals surface area contributed by atoms with E-state index in [1.165, 1.54) is 10.9 Å². The van der Waals surface area contributed by atoms with Gasteiger partial charge in [0.2, 0.25) is 5.91 Å². The third-order valence-corrected chi connectivity index (χ3v) is 5.08. The number of carbonyl (C=O) groups excluding carboxylic acids is 1. The molecule has 1 aliphatic rings. The molecule has 3 heterocycles. The normalized spacial score (nSPS) is 16.8. The topological polar surface area (TPSA) is 85.0 Å². The first kappa shape index (κ1) is 20.0. The molecule has 1 aromatic carbocycles. The summed E-state index contributed by atoms with van der Waals surface area (Å²) in [7, 11) is 1.92. The van der Waals surface area contributed by atoms with E-state index >= 15 is 0 Å². The van der Waals surface area contributed by atoms with Crippen molar-refractivity contribution in [3.8, 4) is 0 Å². The second kappa shape index (κ2) is 8.12. The highest BCUT2D eigenvalue weighted by atomic mass is 35.5. The van der Waals surface area contributed by atoms with Gasteiger partial charge < -0.3 is 14.8 Å². The molecule has 2 aromatic heterocycles. The molecule has 148 valence electrons. The van der Waals surface area contributed by atoms with Gasteiger partial charge in [-0.15, -0.1) is 12.4 Å². The van der Waals surface area contributed by atoms with Crippen molar-refractivity contribution in [3.05, 3.63) is 58.7 Å². The van der Waals surface area contributed by atoms with Crippen molar-refractivity contribution in [2.45, 2.75) is 19.5 Å². The van der Waals surface area contributed by atoms with Crippen LogP contribution in [0.2, 0.25) is 0 Å². The summed E-state index contributed by atoms with van der Waals surface area (Å²) in [6.07, 6.45) is 5.06. The summed E-state index contributed by atoms with van der Waals surface area (Å²) in [6.45, 7) is 3.82. The monoisotopic (exact) mass is 402 g/mol. The van der Waals surface area contributed by atoms with Gasteiger partial charge in [-0.1, -0.05) is 12.1 Å². The van der Waals surface area contributed by atoms with Crippen LogP contribution in [-0.4, -0.2) is 49.5 Å². The number of fused-ring (bicyclic) bond motifs is 1. The van der Waals surface area contributed by atoms with Gasteiger partial charge in [0.05, 0.1) is 17.2 Å². The number of benzene rings is 1. The van der Waals surface area contributed by atoms with E-state index in [4.69, 9.17) is 0 Å². The molecule has 8 nitrogen and oxygen atoms in total. The van der Waals surface area contributed by atoms with Gasteiger partial charge >= 0.3 is 0 Å². The Morgan fingerprint density at radius 1 is 1.32 bits per heavy atom. The third-order valence-electron chi connectivity index (χ3n) is 5.08. The van der Waals surface area contributed by atoms with Gasteiger partial charge in [0.25, 0.3) is 5.56 Å². The maximum Gasteiger partial charge on any atom is 0.261 e. The lowest BCUT2D eigenvalue weighted by Gasteiger charge is -2.35. The highest BCUT2D eigenvalue weighted by Crippen LogP contribution is 2.21. The Labute approximate surface area is 168 Å². The van der Waals surface area contributed by atoms with E-state index in [-0.39, 0.29) is 36.5 Å². The number of rotatable bonds is 3. The molecule has 9 heteroatoms. The summed E-state index contributed by atoms with van der Waals surface area (Å²) in [5.74, 6) is 0.718. The van der Waals surface area contributed by atoms with Gasteiger partial charge in [0, 0.05) is 39.1 Å². The van der Waals surface area contributed by atoms with Crippen LogP contribution in [-0.2, 0) is 18.4 Å². The average molecular weight is 403 g/mol. The summed E-state index contributed by atoms with van der Waals surface area (Å²) in [5, 5.41) is 3.85. The van der Waals surface area contributed by atoms with E-state index < -0.39 is 0 Å². The highest BCUT2D eigenvalue weighted by molar-refractivity contribution is 5.85. The number of para-hydroxylation sites is 1. The zero-order valence-electron chi connectivity index (χ0n) is 15.8. The molecule has 0 bridgehead atoms. The van der Waals surface area contributed by atoms with Gasteiger partial charge in [0.1, 0.15) is 18.4 Å². The number of aryl methyl sites for hydroxylation is 2. The third kappa shape index (κ3) is 3.53. The quantitative estimate of drug-likeness (QED) is 0.707.